The van der Waals surface area contributed by atoms with E-state index in [0.717, 1.165) is 29.2 Å². The minimum Gasteiger partial charge on any atom is -0.486 e. The Morgan fingerprint density at radius 1 is 1.19 bits per heavy atom. The van der Waals surface area contributed by atoms with E-state index in [1.54, 1.807) is 6.26 Å². The zero-order valence-electron chi connectivity index (χ0n) is 18.3. The molecular weight excluding hydrogens is 394 g/mol. The Hall–Kier alpha value is -2.96. The number of ether oxygens (including phenoxy) is 1. The Labute approximate surface area is 183 Å². The highest BCUT2D eigenvalue weighted by Crippen LogP contribution is 2.36. The molecule has 1 atom stereocenters. The van der Waals surface area contributed by atoms with Gasteiger partial charge in [0.25, 0.3) is 0 Å². The zero-order valence-corrected chi connectivity index (χ0v) is 18.3. The van der Waals surface area contributed by atoms with Crippen LogP contribution in [0.1, 0.15) is 37.5 Å². The van der Waals surface area contributed by atoms with Crippen molar-refractivity contribution in [1.82, 2.24) is 10.2 Å². The highest BCUT2D eigenvalue weighted by Gasteiger charge is 2.34. The molecule has 1 aromatic carbocycles. The molecule has 2 aromatic rings. The van der Waals surface area contributed by atoms with Crippen LogP contribution in [0.4, 0.5) is 10.5 Å². The van der Waals surface area contributed by atoms with Crippen LogP contribution in [0.3, 0.4) is 0 Å². The molecule has 1 aromatic heterocycles. The van der Waals surface area contributed by atoms with Crippen molar-refractivity contribution in [1.29, 1.82) is 0 Å². The molecule has 1 saturated heterocycles. The summed E-state index contributed by atoms with van der Waals surface area (Å²) in [5, 5.41) is 3.00. The molecule has 1 N–H and O–H groups in total. The summed E-state index contributed by atoms with van der Waals surface area (Å²) in [7, 11) is 0. The van der Waals surface area contributed by atoms with Gasteiger partial charge < -0.3 is 19.4 Å². The molecule has 0 unspecified atom stereocenters. The number of aryl methyl sites for hydroxylation is 1. The molecular formula is C24H31N3O4. The fourth-order valence-corrected chi connectivity index (χ4v) is 4.26. The fraction of sp³-hybridized carbons (Fsp3) is 0.500. The van der Waals surface area contributed by atoms with Gasteiger partial charge in [-0.15, -0.1) is 0 Å². The average molecular weight is 426 g/mol. The summed E-state index contributed by atoms with van der Waals surface area (Å²) in [6.45, 7) is 6.38. The molecule has 0 radical (unpaired) electrons. The van der Waals surface area contributed by atoms with E-state index >= 15 is 0 Å². The molecule has 4 rings (SSSR count). The zero-order chi connectivity index (χ0) is 21.8. The van der Waals surface area contributed by atoms with Gasteiger partial charge in [0.15, 0.2) is 0 Å². The van der Waals surface area contributed by atoms with Crippen molar-refractivity contribution in [2.24, 2.45) is 5.92 Å². The number of carbonyl (C=O) groups excluding carboxylic acids is 2. The lowest BCUT2D eigenvalue weighted by Crippen LogP contribution is -2.52. The van der Waals surface area contributed by atoms with Crippen LogP contribution in [-0.4, -0.2) is 49.1 Å². The first-order valence-electron chi connectivity index (χ1n) is 11.2. The summed E-state index contributed by atoms with van der Waals surface area (Å²) in [5.74, 6) is 1.65. The van der Waals surface area contributed by atoms with Gasteiger partial charge in [0.2, 0.25) is 5.91 Å². The summed E-state index contributed by atoms with van der Waals surface area (Å²) in [5.41, 5.74) is 1.94. The molecule has 1 fully saturated rings. The second-order valence-corrected chi connectivity index (χ2v) is 8.39. The van der Waals surface area contributed by atoms with Crippen LogP contribution in [0, 0.1) is 12.8 Å². The van der Waals surface area contributed by atoms with Crippen molar-refractivity contribution in [3.8, 4) is 5.75 Å². The third-order valence-electron chi connectivity index (χ3n) is 6.16. The van der Waals surface area contributed by atoms with Crippen molar-refractivity contribution < 1.29 is 18.7 Å². The van der Waals surface area contributed by atoms with E-state index in [4.69, 9.17) is 9.15 Å². The van der Waals surface area contributed by atoms with Crippen molar-refractivity contribution in [2.45, 2.75) is 45.6 Å². The number of anilines is 1. The van der Waals surface area contributed by atoms with E-state index in [1.807, 2.05) is 47.1 Å². The number of nitrogens with zero attached hydrogens (tertiary/aromatic N) is 2. The standard InChI is InChI=1S/C24H31N3O4/c1-3-19-16-27(21-15-17(2)6-7-22(21)31-19)24(29)26-12-9-18(10-13-26)23(28)25-11-8-20-5-4-14-30-20/h4-7,14-15,18-19H,3,8-13,16H2,1-2H3,(H,25,28)/t19-/m1/s1. The molecule has 7 nitrogen and oxygen atoms in total. The monoisotopic (exact) mass is 425 g/mol. The minimum atomic E-state index is -0.0525. The van der Waals surface area contributed by atoms with Crippen LogP contribution < -0.4 is 15.0 Å². The number of hydrogen-bond acceptors (Lipinski definition) is 4. The van der Waals surface area contributed by atoms with E-state index in [-0.39, 0.29) is 24.0 Å². The maximum Gasteiger partial charge on any atom is 0.324 e. The van der Waals surface area contributed by atoms with Crippen molar-refractivity contribution in [3.05, 3.63) is 47.9 Å². The Kier molecular flexibility index (Phi) is 6.49. The molecule has 0 saturated carbocycles. The first-order chi connectivity index (χ1) is 15.0. The van der Waals surface area contributed by atoms with Gasteiger partial charge in [-0.3, -0.25) is 9.69 Å². The first-order valence-corrected chi connectivity index (χ1v) is 11.2. The number of carbonyl (C=O) groups is 2. The van der Waals surface area contributed by atoms with Crippen molar-refractivity contribution in [2.75, 3.05) is 31.1 Å². The Balaban J connectivity index is 1.33. The lowest BCUT2D eigenvalue weighted by atomic mass is 9.96. The number of rotatable bonds is 5. The maximum atomic E-state index is 13.4. The van der Waals surface area contributed by atoms with E-state index in [2.05, 4.69) is 12.2 Å². The van der Waals surface area contributed by atoms with Crippen LogP contribution in [0.2, 0.25) is 0 Å². The molecule has 0 spiro atoms. The lowest BCUT2D eigenvalue weighted by Gasteiger charge is -2.39. The highest BCUT2D eigenvalue weighted by molar-refractivity contribution is 5.94. The van der Waals surface area contributed by atoms with Gasteiger partial charge in [-0.1, -0.05) is 13.0 Å². The van der Waals surface area contributed by atoms with E-state index in [0.29, 0.717) is 45.4 Å². The summed E-state index contributed by atoms with van der Waals surface area (Å²) in [6, 6.07) is 9.73. The normalized spacial score (nSPS) is 19.0. The van der Waals surface area contributed by atoms with Crippen molar-refractivity contribution in [3.63, 3.8) is 0 Å². The smallest absolute Gasteiger partial charge is 0.324 e. The maximum absolute atomic E-state index is 13.4. The van der Waals surface area contributed by atoms with Crippen molar-refractivity contribution >= 4 is 17.6 Å². The molecule has 31 heavy (non-hydrogen) atoms. The lowest BCUT2D eigenvalue weighted by molar-refractivity contribution is -0.126. The summed E-state index contributed by atoms with van der Waals surface area (Å²) in [4.78, 5) is 29.6. The fourth-order valence-electron chi connectivity index (χ4n) is 4.26. The van der Waals surface area contributed by atoms with E-state index in [1.165, 1.54) is 0 Å². The number of furan rings is 1. The first kappa shape index (κ1) is 21.3. The van der Waals surface area contributed by atoms with E-state index in [9.17, 15) is 9.59 Å². The number of hydrogen-bond donors (Lipinski definition) is 1. The average Bonchev–Trinajstić information content (AvgIpc) is 3.31. The van der Waals surface area contributed by atoms with Crippen LogP contribution in [0.15, 0.2) is 41.0 Å². The molecule has 0 aliphatic carbocycles. The molecule has 7 heteroatoms. The number of amides is 3. The molecule has 2 aliphatic heterocycles. The third kappa shape index (κ3) is 4.86. The van der Waals surface area contributed by atoms with Gasteiger partial charge in [0.1, 0.15) is 17.6 Å². The van der Waals surface area contributed by atoms with Gasteiger partial charge in [0, 0.05) is 32.0 Å². The van der Waals surface area contributed by atoms with E-state index < -0.39 is 0 Å². The number of benzene rings is 1. The number of piperidine rings is 1. The van der Waals surface area contributed by atoms with Crippen LogP contribution in [0.5, 0.6) is 5.75 Å². The van der Waals surface area contributed by atoms with Crippen LogP contribution in [-0.2, 0) is 11.2 Å². The number of urea groups is 1. The largest absolute Gasteiger partial charge is 0.486 e. The Morgan fingerprint density at radius 2 is 2.00 bits per heavy atom. The van der Waals surface area contributed by atoms with Gasteiger partial charge in [-0.05, 0) is 56.0 Å². The van der Waals surface area contributed by atoms with Crippen LogP contribution >= 0.6 is 0 Å². The van der Waals surface area contributed by atoms with Crippen LogP contribution in [0.25, 0.3) is 0 Å². The quantitative estimate of drug-likeness (QED) is 0.792. The third-order valence-corrected chi connectivity index (χ3v) is 6.16. The SMILES string of the molecule is CC[C@@H]1CN(C(=O)N2CCC(C(=O)NCCc3ccco3)CC2)c2cc(C)ccc2O1. The summed E-state index contributed by atoms with van der Waals surface area (Å²) < 4.78 is 11.3. The molecule has 2 aliphatic rings. The Morgan fingerprint density at radius 3 is 2.71 bits per heavy atom. The predicted molar refractivity (Wildman–Crippen MR) is 118 cm³/mol. The van der Waals surface area contributed by atoms with Gasteiger partial charge in [0.05, 0.1) is 18.5 Å². The predicted octanol–water partition coefficient (Wildman–Crippen LogP) is 3.76. The second kappa shape index (κ2) is 9.45. The van der Waals surface area contributed by atoms with Gasteiger partial charge >= 0.3 is 6.03 Å². The minimum absolute atomic E-state index is 0.00312. The van der Waals surface area contributed by atoms with Gasteiger partial charge in [-0.2, -0.15) is 0 Å². The summed E-state index contributed by atoms with van der Waals surface area (Å²) >= 11 is 0. The number of likely N-dealkylation sites (tertiary alicyclic amines) is 1. The molecule has 3 amide bonds. The molecule has 166 valence electrons. The molecule has 0 bridgehead atoms. The van der Waals surface area contributed by atoms with Gasteiger partial charge in [-0.25, -0.2) is 4.79 Å². The number of fused-ring (bicyclic) bond motifs is 1. The molecule has 3 heterocycles. The highest BCUT2D eigenvalue weighted by atomic mass is 16.5. The topological polar surface area (TPSA) is 75.0 Å². The summed E-state index contributed by atoms with van der Waals surface area (Å²) in [6.07, 6.45) is 4.53. The number of nitrogens with one attached hydrogen (secondary N) is 1. The second-order valence-electron chi connectivity index (χ2n) is 8.39. The Bertz CT molecular complexity index is 904.